The average molecular weight is 239 g/mol. The minimum absolute atomic E-state index is 0.100. The third kappa shape index (κ3) is 3.02. The number of hydrogen-bond acceptors (Lipinski definition) is 3. The van der Waals surface area contributed by atoms with Crippen molar-refractivity contribution < 1.29 is 0 Å². The van der Waals surface area contributed by atoms with Crippen molar-refractivity contribution in [1.29, 1.82) is 10.5 Å². The second-order valence-electron chi connectivity index (χ2n) is 4.81. The van der Waals surface area contributed by atoms with Crippen LogP contribution in [0.5, 0.6) is 0 Å². The standard InChI is InChI=1S/C15H17N3/c16-10-12-6-8-14(9-7-12)18-15-5-3-1-2-4-13(15)11-17/h6-9,13,15,18H,1-5H2. The predicted molar refractivity (Wildman–Crippen MR) is 70.8 cm³/mol. The fourth-order valence-electron chi connectivity index (χ4n) is 2.49. The monoisotopic (exact) mass is 239 g/mol. The molecule has 1 aromatic carbocycles. The van der Waals surface area contributed by atoms with E-state index in [-0.39, 0.29) is 12.0 Å². The van der Waals surface area contributed by atoms with Gasteiger partial charge in [-0.3, -0.25) is 0 Å². The van der Waals surface area contributed by atoms with Gasteiger partial charge in [-0.1, -0.05) is 19.3 Å². The lowest BCUT2D eigenvalue weighted by molar-refractivity contribution is 0.514. The first-order valence-corrected chi connectivity index (χ1v) is 6.50. The molecule has 2 atom stereocenters. The Morgan fingerprint density at radius 2 is 1.72 bits per heavy atom. The molecule has 1 aliphatic carbocycles. The number of nitrogens with zero attached hydrogens (tertiary/aromatic N) is 2. The highest BCUT2D eigenvalue weighted by Crippen LogP contribution is 2.26. The van der Waals surface area contributed by atoms with Gasteiger partial charge in [0.1, 0.15) is 0 Å². The Bertz CT molecular complexity index is 464. The maximum absolute atomic E-state index is 9.21. The molecule has 0 heterocycles. The van der Waals surface area contributed by atoms with Gasteiger partial charge in [0.25, 0.3) is 0 Å². The van der Waals surface area contributed by atoms with Gasteiger partial charge in [-0.25, -0.2) is 0 Å². The van der Waals surface area contributed by atoms with Crippen molar-refractivity contribution >= 4 is 5.69 Å². The van der Waals surface area contributed by atoms with E-state index >= 15 is 0 Å². The summed E-state index contributed by atoms with van der Waals surface area (Å²) in [6.07, 6.45) is 5.61. The van der Waals surface area contributed by atoms with E-state index < -0.39 is 0 Å². The second kappa shape index (κ2) is 6.07. The highest BCUT2D eigenvalue weighted by atomic mass is 14.9. The van der Waals surface area contributed by atoms with Gasteiger partial charge in [0.05, 0.1) is 23.6 Å². The van der Waals surface area contributed by atoms with Crippen molar-refractivity contribution in [2.45, 2.75) is 38.1 Å². The Labute approximate surface area is 108 Å². The van der Waals surface area contributed by atoms with Crippen molar-refractivity contribution in [1.82, 2.24) is 0 Å². The Morgan fingerprint density at radius 3 is 2.39 bits per heavy atom. The number of hydrogen-bond donors (Lipinski definition) is 1. The molecule has 1 saturated carbocycles. The summed E-state index contributed by atoms with van der Waals surface area (Å²) < 4.78 is 0. The average Bonchev–Trinajstić information content (AvgIpc) is 2.64. The zero-order valence-corrected chi connectivity index (χ0v) is 10.4. The molecule has 3 heteroatoms. The first-order chi connectivity index (χ1) is 8.83. The Kier molecular flexibility index (Phi) is 4.20. The summed E-state index contributed by atoms with van der Waals surface area (Å²) in [6, 6.07) is 12.2. The molecular weight excluding hydrogens is 222 g/mol. The summed E-state index contributed by atoms with van der Waals surface area (Å²) in [4.78, 5) is 0. The molecule has 1 fully saturated rings. The van der Waals surface area contributed by atoms with E-state index in [1.165, 1.54) is 12.8 Å². The van der Waals surface area contributed by atoms with Crippen molar-refractivity contribution in [3.63, 3.8) is 0 Å². The van der Waals surface area contributed by atoms with Crippen molar-refractivity contribution in [2.24, 2.45) is 5.92 Å². The van der Waals surface area contributed by atoms with Crippen LogP contribution in [0, 0.1) is 28.6 Å². The topological polar surface area (TPSA) is 59.6 Å². The van der Waals surface area contributed by atoms with E-state index in [2.05, 4.69) is 17.5 Å². The number of nitrogens with one attached hydrogen (secondary N) is 1. The molecule has 0 bridgehead atoms. The molecule has 2 unspecified atom stereocenters. The summed E-state index contributed by atoms with van der Waals surface area (Å²) in [7, 11) is 0. The van der Waals surface area contributed by atoms with Crippen LogP contribution in [0.1, 0.15) is 37.7 Å². The van der Waals surface area contributed by atoms with Crippen LogP contribution in [0.15, 0.2) is 24.3 Å². The summed E-state index contributed by atoms with van der Waals surface area (Å²) in [5, 5.41) is 21.4. The van der Waals surface area contributed by atoms with Crippen LogP contribution in [0.2, 0.25) is 0 Å². The minimum atomic E-state index is 0.100. The third-order valence-corrected chi connectivity index (χ3v) is 3.55. The first-order valence-electron chi connectivity index (χ1n) is 6.50. The number of anilines is 1. The van der Waals surface area contributed by atoms with Crippen molar-refractivity contribution in [3.8, 4) is 12.1 Å². The molecule has 0 radical (unpaired) electrons. The minimum Gasteiger partial charge on any atom is -0.381 e. The molecule has 0 aliphatic heterocycles. The Morgan fingerprint density at radius 1 is 1.00 bits per heavy atom. The smallest absolute Gasteiger partial charge is 0.0991 e. The van der Waals surface area contributed by atoms with Gasteiger partial charge >= 0.3 is 0 Å². The molecule has 1 N–H and O–H groups in total. The maximum atomic E-state index is 9.21. The van der Waals surface area contributed by atoms with E-state index in [9.17, 15) is 5.26 Å². The van der Waals surface area contributed by atoms with Gasteiger partial charge in [-0.15, -0.1) is 0 Å². The van der Waals surface area contributed by atoms with Crippen LogP contribution in [0.4, 0.5) is 5.69 Å². The van der Waals surface area contributed by atoms with Crippen LogP contribution >= 0.6 is 0 Å². The van der Waals surface area contributed by atoms with Crippen molar-refractivity contribution in [3.05, 3.63) is 29.8 Å². The fourth-order valence-corrected chi connectivity index (χ4v) is 2.49. The molecule has 3 nitrogen and oxygen atoms in total. The van der Waals surface area contributed by atoms with Crippen LogP contribution in [-0.2, 0) is 0 Å². The summed E-state index contributed by atoms with van der Waals surface area (Å²) in [5.74, 6) is 0.100. The summed E-state index contributed by atoms with van der Waals surface area (Å²) in [6.45, 7) is 0. The van der Waals surface area contributed by atoms with Gasteiger partial charge in [0.15, 0.2) is 0 Å². The quantitative estimate of drug-likeness (QED) is 0.804. The van der Waals surface area contributed by atoms with E-state index in [1.54, 1.807) is 12.1 Å². The molecule has 0 amide bonds. The normalized spacial score (nSPS) is 23.4. The third-order valence-electron chi connectivity index (χ3n) is 3.55. The molecule has 1 aromatic rings. The van der Waals surface area contributed by atoms with Gasteiger partial charge in [0, 0.05) is 11.7 Å². The molecule has 92 valence electrons. The molecule has 2 rings (SSSR count). The molecule has 18 heavy (non-hydrogen) atoms. The largest absolute Gasteiger partial charge is 0.381 e. The van der Waals surface area contributed by atoms with E-state index in [1.807, 2.05) is 12.1 Å². The van der Waals surface area contributed by atoms with Gasteiger partial charge < -0.3 is 5.32 Å². The van der Waals surface area contributed by atoms with Gasteiger partial charge in [-0.2, -0.15) is 10.5 Å². The lowest BCUT2D eigenvalue weighted by Crippen LogP contribution is -2.27. The second-order valence-corrected chi connectivity index (χ2v) is 4.81. The Balaban J connectivity index is 2.06. The van der Waals surface area contributed by atoms with Gasteiger partial charge in [0.2, 0.25) is 0 Å². The lowest BCUT2D eigenvalue weighted by Gasteiger charge is -2.22. The summed E-state index contributed by atoms with van der Waals surface area (Å²) in [5.41, 5.74) is 1.67. The zero-order valence-electron chi connectivity index (χ0n) is 10.4. The van der Waals surface area contributed by atoms with Crippen LogP contribution in [-0.4, -0.2) is 6.04 Å². The molecular formula is C15H17N3. The Hall–Kier alpha value is -2.00. The number of rotatable bonds is 2. The fraction of sp³-hybridized carbons (Fsp3) is 0.467. The number of benzene rings is 1. The first kappa shape index (κ1) is 12.5. The van der Waals surface area contributed by atoms with Crippen LogP contribution in [0.3, 0.4) is 0 Å². The predicted octanol–water partition coefficient (Wildman–Crippen LogP) is 3.44. The highest BCUT2D eigenvalue weighted by Gasteiger charge is 2.23. The van der Waals surface area contributed by atoms with E-state index in [0.717, 1.165) is 24.9 Å². The van der Waals surface area contributed by atoms with Crippen LogP contribution < -0.4 is 5.32 Å². The van der Waals surface area contributed by atoms with E-state index in [4.69, 9.17) is 5.26 Å². The maximum Gasteiger partial charge on any atom is 0.0991 e. The molecule has 0 aromatic heterocycles. The van der Waals surface area contributed by atoms with Crippen molar-refractivity contribution in [2.75, 3.05) is 5.32 Å². The molecule has 0 saturated heterocycles. The number of nitriles is 2. The van der Waals surface area contributed by atoms with Crippen LogP contribution in [0.25, 0.3) is 0 Å². The zero-order chi connectivity index (χ0) is 12.8. The molecule has 1 aliphatic rings. The molecule has 0 spiro atoms. The van der Waals surface area contributed by atoms with Gasteiger partial charge in [-0.05, 0) is 37.1 Å². The summed E-state index contributed by atoms with van der Waals surface area (Å²) >= 11 is 0. The van der Waals surface area contributed by atoms with E-state index in [0.29, 0.717) is 5.56 Å². The SMILES string of the molecule is N#Cc1ccc(NC2CCCCCC2C#N)cc1. The highest BCUT2D eigenvalue weighted by molar-refractivity contribution is 5.48. The lowest BCUT2D eigenvalue weighted by atomic mass is 9.96.